The topological polar surface area (TPSA) is 3.24 Å². The molecule has 1 aliphatic rings. The maximum absolute atomic E-state index is 2.40. The van der Waals surface area contributed by atoms with E-state index in [2.05, 4.69) is 38.9 Å². The summed E-state index contributed by atoms with van der Waals surface area (Å²) in [5, 5.41) is 0. The zero-order valence-electron chi connectivity index (χ0n) is 10.2. The average Bonchev–Trinajstić information content (AvgIpc) is 2.15. The molecule has 0 saturated heterocycles. The molecule has 1 saturated carbocycles. The Hall–Kier alpha value is -0.460. The highest BCUT2D eigenvalue weighted by Gasteiger charge is 2.21. The molecule has 0 unspecified atom stereocenters. The summed E-state index contributed by atoms with van der Waals surface area (Å²) in [6.07, 6.45) is 9.19. The molecule has 1 nitrogen and oxygen atoms in total. The lowest BCUT2D eigenvalue weighted by molar-refractivity contribution is 0.280. The molecule has 0 aromatic heterocycles. The lowest BCUT2D eigenvalue weighted by Crippen LogP contribution is -2.23. The summed E-state index contributed by atoms with van der Waals surface area (Å²) in [6, 6.07) is 0. The van der Waals surface area contributed by atoms with E-state index in [0.717, 1.165) is 11.8 Å². The normalized spacial score (nSPS) is 29.0. The van der Waals surface area contributed by atoms with Gasteiger partial charge in [0.1, 0.15) is 0 Å². The number of hydrogen-bond acceptors (Lipinski definition) is 1. The van der Waals surface area contributed by atoms with Crippen molar-refractivity contribution in [3.63, 3.8) is 0 Å². The summed E-state index contributed by atoms with van der Waals surface area (Å²) in [5.74, 6) is 1.79. The molecule has 0 N–H and O–H groups in total. The van der Waals surface area contributed by atoms with Crippen molar-refractivity contribution in [3.05, 3.63) is 11.8 Å². The van der Waals surface area contributed by atoms with Gasteiger partial charge in [-0.15, -0.1) is 0 Å². The van der Waals surface area contributed by atoms with Crippen molar-refractivity contribution in [3.8, 4) is 0 Å². The fourth-order valence-corrected chi connectivity index (χ4v) is 2.48. The van der Waals surface area contributed by atoms with Crippen LogP contribution in [0.3, 0.4) is 0 Å². The third-order valence-electron chi connectivity index (χ3n) is 3.36. The molecular formula is C13H25N. The monoisotopic (exact) mass is 195 g/mol. The molecule has 14 heavy (non-hydrogen) atoms. The minimum Gasteiger partial charge on any atom is -0.381 e. The van der Waals surface area contributed by atoms with E-state index >= 15 is 0 Å². The van der Waals surface area contributed by atoms with Crippen molar-refractivity contribution in [2.75, 3.05) is 14.1 Å². The van der Waals surface area contributed by atoms with E-state index in [1.54, 1.807) is 5.70 Å². The van der Waals surface area contributed by atoms with E-state index in [4.69, 9.17) is 0 Å². The Morgan fingerprint density at radius 3 is 2.21 bits per heavy atom. The molecule has 0 bridgehead atoms. The fraction of sp³-hybridized carbons (Fsp3) is 0.846. The molecule has 1 aliphatic carbocycles. The smallest absolute Gasteiger partial charge is 0.0118 e. The molecule has 1 heteroatoms. The lowest BCUT2D eigenvalue weighted by atomic mass is 9.81. The summed E-state index contributed by atoms with van der Waals surface area (Å²) < 4.78 is 0. The van der Waals surface area contributed by atoms with Gasteiger partial charge < -0.3 is 4.90 Å². The van der Waals surface area contributed by atoms with E-state index in [1.165, 1.54) is 32.1 Å². The average molecular weight is 195 g/mol. The Morgan fingerprint density at radius 1 is 1.21 bits per heavy atom. The highest BCUT2D eigenvalue weighted by molar-refractivity contribution is 5.05. The van der Waals surface area contributed by atoms with Crippen molar-refractivity contribution in [2.24, 2.45) is 11.8 Å². The molecule has 0 aromatic rings. The predicted octanol–water partition coefficient (Wildman–Crippen LogP) is 3.67. The van der Waals surface area contributed by atoms with Gasteiger partial charge in [-0.25, -0.2) is 0 Å². The molecule has 1 rings (SSSR count). The van der Waals surface area contributed by atoms with E-state index in [-0.39, 0.29) is 0 Å². The van der Waals surface area contributed by atoms with Gasteiger partial charge in [0.2, 0.25) is 0 Å². The van der Waals surface area contributed by atoms with Gasteiger partial charge in [-0.1, -0.05) is 32.8 Å². The largest absolute Gasteiger partial charge is 0.381 e. The van der Waals surface area contributed by atoms with Crippen molar-refractivity contribution >= 4 is 0 Å². The molecule has 0 aromatic carbocycles. The molecule has 0 aliphatic heterocycles. The number of nitrogens with zero attached hydrogens (tertiary/aromatic N) is 1. The predicted molar refractivity (Wildman–Crippen MR) is 63.2 cm³/mol. The Labute approximate surface area is 89.2 Å². The third kappa shape index (κ3) is 3.04. The minimum absolute atomic E-state index is 0.834. The summed E-state index contributed by atoms with van der Waals surface area (Å²) >= 11 is 0. The maximum Gasteiger partial charge on any atom is 0.0118 e. The van der Waals surface area contributed by atoms with Gasteiger partial charge in [0.05, 0.1) is 0 Å². The first-order valence-electron chi connectivity index (χ1n) is 6.02. The molecule has 0 radical (unpaired) electrons. The second-order valence-electron chi connectivity index (χ2n) is 4.89. The molecule has 0 amide bonds. The van der Waals surface area contributed by atoms with E-state index in [1.807, 2.05) is 0 Å². The molecule has 1 fully saturated rings. The van der Waals surface area contributed by atoms with Crippen LogP contribution in [0, 0.1) is 11.8 Å². The van der Waals surface area contributed by atoms with Crippen LogP contribution in [0.4, 0.5) is 0 Å². The number of allylic oxidation sites excluding steroid dienone is 2. The quantitative estimate of drug-likeness (QED) is 0.664. The summed E-state index contributed by atoms with van der Waals surface area (Å²) in [7, 11) is 4.36. The van der Waals surface area contributed by atoms with Crippen molar-refractivity contribution in [1.82, 2.24) is 4.90 Å². The Bertz CT molecular complexity index is 185. The highest BCUT2D eigenvalue weighted by Crippen LogP contribution is 2.33. The van der Waals surface area contributed by atoms with Crippen LogP contribution in [0.15, 0.2) is 11.8 Å². The number of hydrogen-bond donors (Lipinski definition) is 0. The van der Waals surface area contributed by atoms with E-state index in [0.29, 0.717) is 0 Å². The van der Waals surface area contributed by atoms with Gasteiger partial charge in [0, 0.05) is 19.8 Å². The highest BCUT2D eigenvalue weighted by atomic mass is 15.1. The van der Waals surface area contributed by atoms with Gasteiger partial charge >= 0.3 is 0 Å². The molecule has 0 spiro atoms. The molecule has 82 valence electrons. The second-order valence-corrected chi connectivity index (χ2v) is 4.89. The Kier molecular flexibility index (Phi) is 4.50. The first kappa shape index (κ1) is 11.6. The van der Waals surface area contributed by atoms with Crippen LogP contribution < -0.4 is 0 Å². The van der Waals surface area contributed by atoms with Crippen LogP contribution in [0.5, 0.6) is 0 Å². The van der Waals surface area contributed by atoms with Crippen LogP contribution in [0.2, 0.25) is 0 Å². The zero-order valence-corrected chi connectivity index (χ0v) is 10.2. The number of rotatable bonds is 3. The van der Waals surface area contributed by atoms with Crippen molar-refractivity contribution in [1.29, 1.82) is 0 Å². The standard InChI is InChI=1S/C13H25N/c1-5-6-13(14(3)4)12-9-7-11(2)8-10-12/h6,11-12H,5,7-10H2,1-4H3. The van der Waals surface area contributed by atoms with E-state index < -0.39 is 0 Å². The lowest BCUT2D eigenvalue weighted by Gasteiger charge is -2.32. The van der Waals surface area contributed by atoms with Crippen LogP contribution in [-0.2, 0) is 0 Å². The van der Waals surface area contributed by atoms with Crippen LogP contribution >= 0.6 is 0 Å². The van der Waals surface area contributed by atoms with Gasteiger partial charge in [-0.05, 0) is 31.1 Å². The van der Waals surface area contributed by atoms with E-state index in [9.17, 15) is 0 Å². The van der Waals surface area contributed by atoms with Gasteiger partial charge in [0.15, 0.2) is 0 Å². The Morgan fingerprint density at radius 2 is 1.79 bits per heavy atom. The van der Waals surface area contributed by atoms with Gasteiger partial charge in [-0.3, -0.25) is 0 Å². The fourth-order valence-electron chi connectivity index (χ4n) is 2.48. The Balaban J connectivity index is 2.57. The first-order valence-corrected chi connectivity index (χ1v) is 6.02. The molecule has 0 atom stereocenters. The van der Waals surface area contributed by atoms with Crippen LogP contribution in [0.1, 0.15) is 46.0 Å². The maximum atomic E-state index is 2.40. The summed E-state index contributed by atoms with van der Waals surface area (Å²) in [6.45, 7) is 4.62. The third-order valence-corrected chi connectivity index (χ3v) is 3.36. The molecular weight excluding hydrogens is 170 g/mol. The molecule has 0 heterocycles. The summed E-state index contributed by atoms with van der Waals surface area (Å²) in [5.41, 5.74) is 1.57. The summed E-state index contributed by atoms with van der Waals surface area (Å²) in [4.78, 5) is 2.31. The van der Waals surface area contributed by atoms with Gasteiger partial charge in [0.25, 0.3) is 0 Å². The zero-order chi connectivity index (χ0) is 10.6. The van der Waals surface area contributed by atoms with Crippen LogP contribution in [-0.4, -0.2) is 19.0 Å². The first-order chi connectivity index (χ1) is 6.65. The van der Waals surface area contributed by atoms with Crippen molar-refractivity contribution in [2.45, 2.75) is 46.0 Å². The second kappa shape index (κ2) is 5.43. The SMILES string of the molecule is CCC=C(C1CCC(C)CC1)N(C)C. The van der Waals surface area contributed by atoms with Gasteiger partial charge in [-0.2, -0.15) is 0 Å². The minimum atomic E-state index is 0.834. The van der Waals surface area contributed by atoms with Crippen molar-refractivity contribution < 1.29 is 0 Å². The van der Waals surface area contributed by atoms with Crippen LogP contribution in [0.25, 0.3) is 0 Å².